The molecule has 5 heteroatoms. The first-order valence-corrected chi connectivity index (χ1v) is 9.81. The summed E-state index contributed by atoms with van der Waals surface area (Å²) in [6.45, 7) is 3.64. The molecule has 2 fully saturated rings. The molecule has 3 rings (SSSR count). The summed E-state index contributed by atoms with van der Waals surface area (Å²) in [6.07, 6.45) is 5.93. The zero-order valence-corrected chi connectivity index (χ0v) is 15.5. The Bertz CT molecular complexity index is 612. The normalized spacial score (nSPS) is 22.0. The molecule has 5 nitrogen and oxygen atoms in total. The van der Waals surface area contributed by atoms with E-state index in [2.05, 4.69) is 40.6 Å². The SMILES string of the molecule is N#CC1(C(=O)NC[C@@H](c2ccccc2)N2CCCCCC2)CCOCC1. The lowest BCUT2D eigenvalue weighted by atomic mass is 9.81. The molecule has 1 aromatic rings. The van der Waals surface area contributed by atoms with Crippen LogP contribution >= 0.6 is 0 Å². The molecule has 0 aliphatic carbocycles. The van der Waals surface area contributed by atoms with Crippen molar-refractivity contribution in [3.8, 4) is 6.07 Å². The first-order valence-electron chi connectivity index (χ1n) is 9.81. The molecular weight excluding hydrogens is 326 g/mol. The predicted molar refractivity (Wildman–Crippen MR) is 100 cm³/mol. The van der Waals surface area contributed by atoms with Crippen molar-refractivity contribution in [3.63, 3.8) is 0 Å². The summed E-state index contributed by atoms with van der Waals surface area (Å²) in [5.41, 5.74) is 0.297. The Morgan fingerprint density at radius 1 is 1.15 bits per heavy atom. The Hall–Kier alpha value is -1.90. The highest BCUT2D eigenvalue weighted by atomic mass is 16.5. The molecule has 140 valence electrons. The number of hydrogen-bond donors (Lipinski definition) is 1. The fourth-order valence-corrected chi connectivity index (χ4v) is 4.01. The molecule has 1 aromatic carbocycles. The van der Waals surface area contributed by atoms with Crippen LogP contribution in [0.15, 0.2) is 30.3 Å². The molecule has 0 unspecified atom stereocenters. The average Bonchev–Trinajstić information content (AvgIpc) is 2.99. The van der Waals surface area contributed by atoms with Gasteiger partial charge in [-0.05, 0) is 44.3 Å². The summed E-state index contributed by atoms with van der Waals surface area (Å²) in [5.74, 6) is -0.140. The molecule has 2 saturated heterocycles. The smallest absolute Gasteiger partial charge is 0.240 e. The van der Waals surface area contributed by atoms with Gasteiger partial charge in [0.15, 0.2) is 0 Å². The number of rotatable bonds is 5. The second-order valence-corrected chi connectivity index (χ2v) is 7.39. The van der Waals surface area contributed by atoms with Crippen LogP contribution in [0.25, 0.3) is 0 Å². The van der Waals surface area contributed by atoms with Crippen molar-refractivity contribution >= 4 is 5.91 Å². The maximum Gasteiger partial charge on any atom is 0.240 e. The van der Waals surface area contributed by atoms with Gasteiger partial charge in [0.05, 0.1) is 12.1 Å². The van der Waals surface area contributed by atoms with Crippen LogP contribution in [0.5, 0.6) is 0 Å². The Morgan fingerprint density at radius 3 is 2.42 bits per heavy atom. The standard InChI is InChI=1S/C21H29N3O2/c22-17-21(10-14-26-15-11-21)20(25)23-16-19(18-8-4-3-5-9-18)24-12-6-1-2-7-13-24/h3-5,8-9,19H,1-2,6-7,10-16H2,(H,23,25)/t19-/m0/s1. The van der Waals surface area contributed by atoms with Crippen molar-refractivity contribution in [1.29, 1.82) is 5.26 Å². The molecule has 0 saturated carbocycles. The Balaban J connectivity index is 1.71. The molecule has 1 N–H and O–H groups in total. The molecule has 1 amide bonds. The molecule has 2 heterocycles. The summed E-state index contributed by atoms with van der Waals surface area (Å²) in [6, 6.07) is 12.8. The number of carbonyl (C=O) groups is 1. The monoisotopic (exact) mass is 355 g/mol. The first kappa shape index (κ1) is 18.9. The van der Waals surface area contributed by atoms with E-state index in [0.29, 0.717) is 32.6 Å². The highest BCUT2D eigenvalue weighted by molar-refractivity contribution is 5.85. The molecule has 2 aliphatic rings. The fraction of sp³-hybridized carbons (Fsp3) is 0.619. The van der Waals surface area contributed by atoms with E-state index in [1.165, 1.54) is 31.2 Å². The van der Waals surface area contributed by atoms with Crippen molar-refractivity contribution in [2.45, 2.75) is 44.6 Å². The van der Waals surface area contributed by atoms with Crippen LogP contribution in [0.1, 0.15) is 50.1 Å². The number of carbonyl (C=O) groups excluding carboxylic acids is 1. The molecule has 0 aromatic heterocycles. The van der Waals surface area contributed by atoms with Gasteiger partial charge in [-0.25, -0.2) is 0 Å². The lowest BCUT2D eigenvalue weighted by molar-refractivity contribution is -0.132. The maximum absolute atomic E-state index is 12.8. The molecule has 2 aliphatic heterocycles. The van der Waals surface area contributed by atoms with E-state index < -0.39 is 5.41 Å². The van der Waals surface area contributed by atoms with Gasteiger partial charge in [-0.15, -0.1) is 0 Å². The third-order valence-corrected chi connectivity index (χ3v) is 5.72. The highest BCUT2D eigenvalue weighted by Gasteiger charge is 2.40. The van der Waals surface area contributed by atoms with E-state index >= 15 is 0 Å². The largest absolute Gasteiger partial charge is 0.381 e. The minimum absolute atomic E-state index is 0.140. The summed E-state index contributed by atoms with van der Waals surface area (Å²) in [7, 11) is 0. The van der Waals surface area contributed by atoms with Gasteiger partial charge >= 0.3 is 0 Å². The van der Waals surface area contributed by atoms with Gasteiger partial charge in [-0.1, -0.05) is 43.2 Å². The lowest BCUT2D eigenvalue weighted by Gasteiger charge is -2.33. The number of nitriles is 1. The van der Waals surface area contributed by atoms with Crippen molar-refractivity contribution < 1.29 is 9.53 Å². The van der Waals surface area contributed by atoms with Gasteiger partial charge in [0.2, 0.25) is 5.91 Å². The Kier molecular flexibility index (Phi) is 6.65. The van der Waals surface area contributed by atoms with E-state index in [0.717, 1.165) is 13.1 Å². The third-order valence-electron chi connectivity index (χ3n) is 5.72. The van der Waals surface area contributed by atoms with Crippen molar-refractivity contribution in [3.05, 3.63) is 35.9 Å². The second kappa shape index (κ2) is 9.16. The van der Waals surface area contributed by atoms with Crippen molar-refractivity contribution in [2.24, 2.45) is 5.41 Å². The van der Waals surface area contributed by atoms with Crippen LogP contribution in [-0.4, -0.2) is 43.7 Å². The van der Waals surface area contributed by atoms with E-state index in [1.54, 1.807) is 0 Å². The molecule has 1 atom stereocenters. The predicted octanol–water partition coefficient (Wildman–Crippen LogP) is 3.04. The summed E-state index contributed by atoms with van der Waals surface area (Å²) < 4.78 is 5.34. The van der Waals surface area contributed by atoms with E-state index in [9.17, 15) is 10.1 Å². The Morgan fingerprint density at radius 2 is 1.81 bits per heavy atom. The molecule has 0 bridgehead atoms. The van der Waals surface area contributed by atoms with Crippen LogP contribution in [-0.2, 0) is 9.53 Å². The minimum atomic E-state index is -0.932. The van der Waals surface area contributed by atoms with Crippen LogP contribution in [0.4, 0.5) is 0 Å². The topological polar surface area (TPSA) is 65.4 Å². The number of likely N-dealkylation sites (tertiary alicyclic amines) is 1. The summed E-state index contributed by atoms with van der Waals surface area (Å²) >= 11 is 0. The number of hydrogen-bond acceptors (Lipinski definition) is 4. The van der Waals surface area contributed by atoms with Gasteiger partial charge in [-0.3, -0.25) is 9.69 Å². The zero-order valence-electron chi connectivity index (χ0n) is 15.5. The van der Waals surface area contributed by atoms with E-state index in [-0.39, 0.29) is 11.9 Å². The lowest BCUT2D eigenvalue weighted by Crippen LogP contribution is -2.47. The van der Waals surface area contributed by atoms with Gasteiger partial charge in [0.1, 0.15) is 5.41 Å². The highest BCUT2D eigenvalue weighted by Crippen LogP contribution is 2.30. The van der Waals surface area contributed by atoms with E-state index in [4.69, 9.17) is 4.74 Å². The van der Waals surface area contributed by atoms with Crippen molar-refractivity contribution in [2.75, 3.05) is 32.8 Å². The number of amides is 1. The van der Waals surface area contributed by atoms with E-state index in [1.807, 2.05) is 6.07 Å². The van der Waals surface area contributed by atoms with Crippen LogP contribution in [0.2, 0.25) is 0 Å². The number of benzene rings is 1. The van der Waals surface area contributed by atoms with Crippen LogP contribution in [0, 0.1) is 16.7 Å². The Labute approximate surface area is 156 Å². The van der Waals surface area contributed by atoms with Gasteiger partial charge in [0.25, 0.3) is 0 Å². The minimum Gasteiger partial charge on any atom is -0.381 e. The molecule has 0 radical (unpaired) electrons. The van der Waals surface area contributed by atoms with Gasteiger partial charge < -0.3 is 10.1 Å². The summed E-state index contributed by atoms with van der Waals surface area (Å²) in [4.78, 5) is 15.3. The van der Waals surface area contributed by atoms with Gasteiger partial charge in [-0.2, -0.15) is 5.26 Å². The van der Waals surface area contributed by atoms with Crippen molar-refractivity contribution in [1.82, 2.24) is 10.2 Å². The molecular formula is C21H29N3O2. The quantitative estimate of drug-likeness (QED) is 0.882. The number of ether oxygens (including phenoxy) is 1. The van der Waals surface area contributed by atoms with Crippen LogP contribution < -0.4 is 5.32 Å². The zero-order chi connectivity index (χ0) is 18.2. The third kappa shape index (κ3) is 4.44. The average molecular weight is 355 g/mol. The molecule has 0 spiro atoms. The first-order chi connectivity index (χ1) is 12.7. The van der Waals surface area contributed by atoms with Crippen LogP contribution in [0.3, 0.4) is 0 Å². The fourth-order valence-electron chi connectivity index (χ4n) is 4.01. The summed E-state index contributed by atoms with van der Waals surface area (Å²) in [5, 5.41) is 12.7. The van der Waals surface area contributed by atoms with Gasteiger partial charge in [0, 0.05) is 19.8 Å². The maximum atomic E-state index is 12.8. The molecule has 26 heavy (non-hydrogen) atoms. The number of nitrogens with zero attached hydrogens (tertiary/aromatic N) is 2. The number of nitrogens with one attached hydrogen (secondary N) is 1. The second-order valence-electron chi connectivity index (χ2n) is 7.39.